The van der Waals surface area contributed by atoms with Crippen molar-refractivity contribution in [2.75, 3.05) is 0 Å². The van der Waals surface area contributed by atoms with Gasteiger partial charge < -0.3 is 0 Å². The van der Waals surface area contributed by atoms with E-state index in [0.29, 0.717) is 0 Å². The van der Waals surface area contributed by atoms with Crippen LogP contribution in [0.25, 0.3) is 5.65 Å². The van der Waals surface area contributed by atoms with E-state index in [4.69, 9.17) is 11.6 Å². The molecule has 0 aromatic carbocycles. The van der Waals surface area contributed by atoms with E-state index in [9.17, 15) is 0 Å². The Morgan fingerprint density at radius 2 is 2.27 bits per heavy atom. The first-order chi connectivity index (χ1) is 7.25. The van der Waals surface area contributed by atoms with E-state index in [1.807, 2.05) is 16.7 Å². The molecule has 1 aliphatic carbocycles. The highest BCUT2D eigenvalue weighted by molar-refractivity contribution is 14.1. The van der Waals surface area contributed by atoms with Crippen molar-refractivity contribution in [2.45, 2.75) is 19.3 Å². The Bertz CT molecular complexity index is 519. The molecule has 0 N–H and O–H groups in total. The number of halogens is 2. The fourth-order valence-corrected chi connectivity index (χ4v) is 2.36. The van der Waals surface area contributed by atoms with Gasteiger partial charge in [-0.05, 0) is 47.4 Å². The van der Waals surface area contributed by atoms with Gasteiger partial charge in [0, 0.05) is 12.6 Å². The molecule has 15 heavy (non-hydrogen) atoms. The van der Waals surface area contributed by atoms with Gasteiger partial charge in [-0.2, -0.15) is 0 Å². The van der Waals surface area contributed by atoms with Crippen LogP contribution in [-0.2, 0) is 6.42 Å². The van der Waals surface area contributed by atoms with Crippen molar-refractivity contribution in [1.29, 1.82) is 0 Å². The van der Waals surface area contributed by atoms with Crippen LogP contribution in [0, 0.1) is 9.49 Å². The molecule has 0 unspecified atom stereocenters. The molecule has 0 amide bonds. The van der Waals surface area contributed by atoms with Crippen molar-refractivity contribution in [3.05, 3.63) is 26.7 Å². The lowest BCUT2D eigenvalue weighted by Gasteiger charge is -2.00. The van der Waals surface area contributed by atoms with Gasteiger partial charge in [0.05, 0.1) is 8.59 Å². The van der Waals surface area contributed by atoms with E-state index in [-0.39, 0.29) is 0 Å². The van der Waals surface area contributed by atoms with Crippen LogP contribution in [0.5, 0.6) is 0 Å². The minimum atomic E-state index is 0.744. The normalized spacial score (nSPS) is 16.1. The summed E-state index contributed by atoms with van der Waals surface area (Å²) >= 11 is 8.24. The smallest absolute Gasteiger partial charge is 0.175 e. The van der Waals surface area contributed by atoms with Gasteiger partial charge in [0.2, 0.25) is 0 Å². The predicted octanol–water partition coefficient (Wildman–Crippen LogP) is 2.94. The summed E-state index contributed by atoms with van der Waals surface area (Å²) in [6.07, 6.45) is 5.66. The van der Waals surface area contributed by atoms with Crippen LogP contribution in [0.1, 0.15) is 18.7 Å². The number of pyridine rings is 1. The van der Waals surface area contributed by atoms with E-state index in [1.54, 1.807) is 0 Å². The van der Waals surface area contributed by atoms with Gasteiger partial charge >= 0.3 is 0 Å². The average molecular weight is 334 g/mol. The van der Waals surface area contributed by atoms with Crippen LogP contribution in [-0.4, -0.2) is 14.6 Å². The zero-order valence-electron chi connectivity index (χ0n) is 7.95. The van der Waals surface area contributed by atoms with E-state index in [1.165, 1.54) is 12.8 Å². The van der Waals surface area contributed by atoms with Gasteiger partial charge in [0.1, 0.15) is 5.82 Å². The quantitative estimate of drug-likeness (QED) is 0.791. The molecule has 3 nitrogen and oxygen atoms in total. The van der Waals surface area contributed by atoms with Gasteiger partial charge in [-0.15, -0.1) is 10.2 Å². The monoisotopic (exact) mass is 333 g/mol. The molecule has 0 bridgehead atoms. The Hall–Kier alpha value is -0.360. The summed E-state index contributed by atoms with van der Waals surface area (Å²) in [5.74, 6) is 1.88. The number of hydrogen-bond acceptors (Lipinski definition) is 2. The maximum absolute atomic E-state index is 6.03. The van der Waals surface area contributed by atoms with Crippen molar-refractivity contribution < 1.29 is 0 Å². The second-order valence-corrected chi connectivity index (χ2v) is 5.42. The highest BCUT2D eigenvalue weighted by Crippen LogP contribution is 2.32. The highest BCUT2D eigenvalue weighted by Gasteiger charge is 2.24. The summed E-state index contributed by atoms with van der Waals surface area (Å²) in [4.78, 5) is 0. The lowest BCUT2D eigenvalue weighted by molar-refractivity contribution is 0.758. The molecule has 0 radical (unpaired) electrons. The van der Waals surface area contributed by atoms with Crippen LogP contribution in [0.3, 0.4) is 0 Å². The summed E-state index contributed by atoms with van der Waals surface area (Å²) in [6.45, 7) is 0. The molecule has 1 fully saturated rings. The molecule has 0 saturated heterocycles. The molecule has 1 aliphatic rings. The van der Waals surface area contributed by atoms with Crippen molar-refractivity contribution in [3.8, 4) is 0 Å². The molecule has 0 spiro atoms. The molecular weight excluding hydrogens is 324 g/mol. The van der Waals surface area contributed by atoms with E-state index < -0.39 is 0 Å². The summed E-state index contributed by atoms with van der Waals surface area (Å²) in [5, 5.41) is 9.15. The van der Waals surface area contributed by atoms with E-state index in [0.717, 1.165) is 32.4 Å². The first-order valence-electron chi connectivity index (χ1n) is 4.93. The number of nitrogens with zero attached hydrogens (tertiary/aromatic N) is 3. The molecule has 5 heteroatoms. The number of fused-ring (bicyclic) bond motifs is 1. The second-order valence-electron chi connectivity index (χ2n) is 3.93. The zero-order valence-corrected chi connectivity index (χ0v) is 10.9. The molecule has 0 atom stereocenters. The number of hydrogen-bond donors (Lipinski definition) is 0. The van der Waals surface area contributed by atoms with E-state index in [2.05, 4.69) is 32.8 Å². The largest absolute Gasteiger partial charge is 0.285 e. The number of aromatic nitrogens is 3. The Morgan fingerprint density at radius 1 is 1.47 bits per heavy atom. The summed E-state index contributed by atoms with van der Waals surface area (Å²) in [7, 11) is 0. The summed E-state index contributed by atoms with van der Waals surface area (Å²) in [6, 6.07) is 1.90. The first-order valence-corrected chi connectivity index (χ1v) is 6.39. The van der Waals surface area contributed by atoms with Crippen LogP contribution in [0.15, 0.2) is 12.3 Å². The van der Waals surface area contributed by atoms with Crippen molar-refractivity contribution in [3.63, 3.8) is 0 Å². The van der Waals surface area contributed by atoms with Gasteiger partial charge in [-0.3, -0.25) is 4.40 Å². The van der Waals surface area contributed by atoms with Crippen LogP contribution >= 0.6 is 34.2 Å². The van der Waals surface area contributed by atoms with Crippen LogP contribution < -0.4 is 0 Å². The molecule has 2 heterocycles. The first kappa shape index (κ1) is 9.84. The zero-order chi connectivity index (χ0) is 10.4. The molecule has 2 aromatic rings. The third kappa shape index (κ3) is 1.73. The van der Waals surface area contributed by atoms with Gasteiger partial charge in [0.25, 0.3) is 0 Å². The Labute approximate surface area is 106 Å². The van der Waals surface area contributed by atoms with E-state index >= 15 is 0 Å². The maximum Gasteiger partial charge on any atom is 0.175 e. The Kier molecular flexibility index (Phi) is 2.35. The SMILES string of the molecule is Clc1ccn2c(CC3CC3)nnc2c1I. The molecule has 0 aliphatic heterocycles. The van der Waals surface area contributed by atoms with Gasteiger partial charge in [-0.25, -0.2) is 0 Å². The van der Waals surface area contributed by atoms with Crippen molar-refractivity contribution in [1.82, 2.24) is 14.6 Å². The third-order valence-corrected chi connectivity index (χ3v) is 4.41. The summed E-state index contributed by atoms with van der Waals surface area (Å²) in [5.41, 5.74) is 0.874. The molecule has 78 valence electrons. The topological polar surface area (TPSA) is 30.2 Å². The Balaban J connectivity index is 2.12. The fourth-order valence-electron chi connectivity index (χ4n) is 1.67. The van der Waals surface area contributed by atoms with Crippen molar-refractivity contribution in [2.24, 2.45) is 5.92 Å². The highest BCUT2D eigenvalue weighted by atomic mass is 127. The van der Waals surface area contributed by atoms with Gasteiger partial charge in [-0.1, -0.05) is 11.6 Å². The second kappa shape index (κ2) is 3.59. The number of rotatable bonds is 2. The Morgan fingerprint density at radius 3 is 3.00 bits per heavy atom. The van der Waals surface area contributed by atoms with Crippen LogP contribution in [0.2, 0.25) is 5.02 Å². The molecule has 2 aromatic heterocycles. The molecular formula is C10H9ClIN3. The fraction of sp³-hybridized carbons (Fsp3) is 0.400. The maximum atomic E-state index is 6.03. The lowest BCUT2D eigenvalue weighted by atomic mass is 10.3. The molecule has 1 saturated carbocycles. The summed E-state index contributed by atoms with van der Waals surface area (Å²) < 4.78 is 3.03. The van der Waals surface area contributed by atoms with Crippen LogP contribution in [0.4, 0.5) is 0 Å². The lowest BCUT2D eigenvalue weighted by Crippen LogP contribution is -1.96. The predicted molar refractivity (Wildman–Crippen MR) is 67.1 cm³/mol. The standard InChI is InChI=1S/C10H9ClIN3/c11-7-3-4-15-8(5-6-1-2-6)13-14-10(15)9(7)12/h3-4,6H,1-2,5H2. The average Bonchev–Trinajstić information content (AvgIpc) is 2.93. The van der Waals surface area contributed by atoms with Crippen molar-refractivity contribution >= 4 is 39.8 Å². The van der Waals surface area contributed by atoms with Gasteiger partial charge in [0.15, 0.2) is 5.65 Å². The minimum absolute atomic E-state index is 0.744. The third-order valence-electron chi connectivity index (χ3n) is 2.71. The molecule has 3 rings (SSSR count). The minimum Gasteiger partial charge on any atom is -0.285 e.